The summed E-state index contributed by atoms with van der Waals surface area (Å²) in [6.45, 7) is 0. The van der Waals surface area contributed by atoms with Crippen LogP contribution >= 0.6 is 0 Å². The lowest BCUT2D eigenvalue weighted by molar-refractivity contribution is -0.146. The van der Waals surface area contributed by atoms with Gasteiger partial charge in [0.15, 0.2) is 0 Å². The number of methoxy groups -OCH3 is 1. The van der Waals surface area contributed by atoms with Gasteiger partial charge in [-0.1, -0.05) is 24.3 Å². The highest BCUT2D eigenvalue weighted by Gasteiger charge is 2.70. The molecule has 1 amide bonds. The molecule has 120 valence electrons. The van der Waals surface area contributed by atoms with Crippen LogP contribution in [0.1, 0.15) is 12.8 Å². The minimum absolute atomic E-state index is 0.00146. The maximum absolute atomic E-state index is 12.8. The van der Waals surface area contributed by atoms with Crippen molar-refractivity contribution in [2.24, 2.45) is 29.1 Å². The van der Waals surface area contributed by atoms with Crippen LogP contribution in [0.3, 0.4) is 0 Å². The maximum atomic E-state index is 12.8. The van der Waals surface area contributed by atoms with E-state index in [2.05, 4.69) is 11.4 Å². The molecule has 0 heterocycles. The highest BCUT2D eigenvalue weighted by molar-refractivity contribution is 5.97. The highest BCUT2D eigenvalue weighted by Crippen LogP contribution is 2.72. The number of allylic oxidation sites excluding steroid dienone is 2. The lowest BCUT2D eigenvalue weighted by Crippen LogP contribution is -2.36. The Balaban J connectivity index is 1.63. The summed E-state index contributed by atoms with van der Waals surface area (Å²) in [6.07, 6.45) is 6.13. The summed E-state index contributed by atoms with van der Waals surface area (Å²) in [7, 11) is 1.55. The van der Waals surface area contributed by atoms with E-state index in [0.717, 1.165) is 12.8 Å². The van der Waals surface area contributed by atoms with Crippen molar-refractivity contribution in [3.8, 4) is 5.75 Å². The molecule has 2 bridgehead atoms. The summed E-state index contributed by atoms with van der Waals surface area (Å²) < 4.78 is 5.25. The van der Waals surface area contributed by atoms with Crippen LogP contribution in [0.5, 0.6) is 5.75 Å². The van der Waals surface area contributed by atoms with Gasteiger partial charge in [-0.2, -0.15) is 0 Å². The first kappa shape index (κ1) is 14.3. The first-order chi connectivity index (χ1) is 11.1. The molecule has 3 aliphatic carbocycles. The Morgan fingerprint density at radius 3 is 2.43 bits per heavy atom. The highest BCUT2D eigenvalue weighted by atomic mass is 16.5. The molecule has 0 unspecified atom stereocenters. The number of carboxylic acid groups (broad SMARTS) is 1. The second-order valence-electron chi connectivity index (χ2n) is 6.75. The van der Waals surface area contributed by atoms with E-state index in [1.807, 2.05) is 18.2 Å². The van der Waals surface area contributed by atoms with Crippen molar-refractivity contribution >= 4 is 17.6 Å². The number of nitrogens with one attached hydrogen (secondary N) is 1. The van der Waals surface area contributed by atoms with Crippen molar-refractivity contribution in [3.63, 3.8) is 0 Å². The van der Waals surface area contributed by atoms with Gasteiger partial charge in [-0.15, -0.1) is 0 Å². The number of aliphatic carboxylic acids is 1. The number of anilines is 1. The van der Waals surface area contributed by atoms with Crippen LogP contribution in [-0.4, -0.2) is 24.1 Å². The molecule has 2 saturated carbocycles. The third kappa shape index (κ3) is 1.92. The van der Waals surface area contributed by atoms with Gasteiger partial charge in [-0.25, -0.2) is 0 Å². The fourth-order valence-corrected chi connectivity index (χ4v) is 4.65. The number of hydrogen-bond acceptors (Lipinski definition) is 3. The molecule has 1 aromatic rings. The van der Waals surface area contributed by atoms with E-state index in [4.69, 9.17) is 4.74 Å². The monoisotopic (exact) mass is 313 g/mol. The Hall–Kier alpha value is -2.30. The topological polar surface area (TPSA) is 75.6 Å². The third-order valence-electron chi connectivity index (χ3n) is 5.79. The molecule has 5 heteroatoms. The van der Waals surface area contributed by atoms with Crippen molar-refractivity contribution in [2.75, 3.05) is 12.4 Å². The fourth-order valence-electron chi connectivity index (χ4n) is 4.65. The normalized spacial score (nSPS) is 32.0. The Labute approximate surface area is 134 Å². The van der Waals surface area contributed by atoms with Gasteiger partial charge in [0.1, 0.15) is 5.75 Å². The molecule has 2 N–H and O–H groups in total. The van der Waals surface area contributed by atoms with Gasteiger partial charge < -0.3 is 15.2 Å². The maximum Gasteiger partial charge on any atom is 0.307 e. The van der Waals surface area contributed by atoms with Crippen molar-refractivity contribution in [3.05, 3.63) is 36.4 Å². The second kappa shape index (κ2) is 4.85. The number of hydrogen-bond donors (Lipinski definition) is 2. The summed E-state index contributed by atoms with van der Waals surface area (Å²) in [5.74, 6) is -1.59. The first-order valence-electron chi connectivity index (χ1n) is 7.93. The summed E-state index contributed by atoms with van der Waals surface area (Å²) in [4.78, 5) is 24.6. The number of carboxylic acids is 1. The molecule has 0 saturated heterocycles. The smallest absolute Gasteiger partial charge is 0.307 e. The van der Waals surface area contributed by atoms with Crippen LogP contribution < -0.4 is 10.1 Å². The number of carbonyl (C=O) groups excluding carboxylic acids is 1. The molecule has 1 aromatic carbocycles. The third-order valence-corrected chi connectivity index (χ3v) is 5.79. The predicted octanol–water partition coefficient (Wildman–Crippen LogP) is 2.55. The SMILES string of the molecule is COc1ccccc1NC(=O)[C@@H]1[C@@H](C(=O)O)[C@H]2C=C[C@@H]1C21CC1. The minimum atomic E-state index is -0.867. The van der Waals surface area contributed by atoms with Gasteiger partial charge in [0.25, 0.3) is 0 Å². The Bertz CT molecular complexity index is 707. The summed E-state index contributed by atoms with van der Waals surface area (Å²) >= 11 is 0. The average molecular weight is 313 g/mol. The fraction of sp³-hybridized carbons (Fsp3) is 0.444. The Morgan fingerprint density at radius 1 is 1.17 bits per heavy atom. The number of carbonyl (C=O) groups is 2. The minimum Gasteiger partial charge on any atom is -0.495 e. The van der Waals surface area contributed by atoms with Gasteiger partial charge in [0, 0.05) is 0 Å². The van der Waals surface area contributed by atoms with Crippen molar-refractivity contribution in [2.45, 2.75) is 12.8 Å². The molecule has 0 aromatic heterocycles. The Morgan fingerprint density at radius 2 is 1.83 bits per heavy atom. The van der Waals surface area contributed by atoms with Gasteiger partial charge in [0.2, 0.25) is 5.91 Å². The summed E-state index contributed by atoms with van der Waals surface area (Å²) in [5, 5.41) is 12.5. The van der Waals surface area contributed by atoms with Crippen LogP contribution in [0.15, 0.2) is 36.4 Å². The van der Waals surface area contributed by atoms with Crippen LogP contribution in [0, 0.1) is 29.1 Å². The molecule has 4 atom stereocenters. The first-order valence-corrected chi connectivity index (χ1v) is 7.93. The number of para-hydroxylation sites is 2. The molecule has 1 spiro atoms. The molecule has 0 aliphatic heterocycles. The van der Waals surface area contributed by atoms with E-state index in [9.17, 15) is 14.7 Å². The van der Waals surface area contributed by atoms with Gasteiger partial charge in [-0.05, 0) is 42.2 Å². The van der Waals surface area contributed by atoms with E-state index >= 15 is 0 Å². The van der Waals surface area contributed by atoms with Crippen LogP contribution in [0.2, 0.25) is 0 Å². The molecule has 23 heavy (non-hydrogen) atoms. The molecule has 3 aliphatic rings. The quantitative estimate of drug-likeness (QED) is 0.838. The number of benzene rings is 1. The number of rotatable bonds is 4. The molecular formula is C18H19NO4. The zero-order chi connectivity index (χ0) is 16.2. The van der Waals surface area contributed by atoms with Crippen LogP contribution in [0.25, 0.3) is 0 Å². The number of amides is 1. The largest absolute Gasteiger partial charge is 0.495 e. The lowest BCUT2D eigenvalue weighted by atomic mass is 9.82. The van der Waals surface area contributed by atoms with E-state index in [0.29, 0.717) is 11.4 Å². The molecule has 4 rings (SSSR count). The lowest BCUT2D eigenvalue weighted by Gasteiger charge is -2.24. The van der Waals surface area contributed by atoms with E-state index in [1.54, 1.807) is 19.2 Å². The standard InChI is InChI=1S/C18H19NO4/c1-23-13-5-3-2-4-12(13)19-16(20)14-10-6-7-11(15(14)17(21)22)18(10)8-9-18/h2-7,10-11,14-15H,8-9H2,1H3,(H,19,20)(H,21,22)/t10-,11+,14-,15-/m0/s1. The van der Waals surface area contributed by atoms with E-state index < -0.39 is 17.8 Å². The van der Waals surface area contributed by atoms with Crippen molar-refractivity contribution in [1.29, 1.82) is 0 Å². The van der Waals surface area contributed by atoms with Gasteiger partial charge >= 0.3 is 5.97 Å². The van der Waals surface area contributed by atoms with Crippen LogP contribution in [0.4, 0.5) is 5.69 Å². The van der Waals surface area contributed by atoms with E-state index in [-0.39, 0.29) is 23.2 Å². The zero-order valence-corrected chi connectivity index (χ0v) is 12.9. The van der Waals surface area contributed by atoms with Crippen molar-refractivity contribution in [1.82, 2.24) is 0 Å². The predicted molar refractivity (Wildman–Crippen MR) is 84.0 cm³/mol. The van der Waals surface area contributed by atoms with Crippen LogP contribution in [-0.2, 0) is 9.59 Å². The van der Waals surface area contributed by atoms with Gasteiger partial charge in [0.05, 0.1) is 24.6 Å². The Kier molecular flexibility index (Phi) is 3.01. The molecule has 5 nitrogen and oxygen atoms in total. The summed E-state index contributed by atoms with van der Waals surface area (Å²) in [5.41, 5.74) is 0.618. The second-order valence-corrected chi connectivity index (χ2v) is 6.75. The molecule has 0 radical (unpaired) electrons. The molecular weight excluding hydrogens is 294 g/mol. The van der Waals surface area contributed by atoms with E-state index in [1.165, 1.54) is 0 Å². The van der Waals surface area contributed by atoms with Crippen molar-refractivity contribution < 1.29 is 19.4 Å². The zero-order valence-electron chi connectivity index (χ0n) is 12.9. The number of ether oxygens (including phenoxy) is 1. The molecule has 2 fully saturated rings. The summed E-state index contributed by atoms with van der Waals surface area (Å²) in [6, 6.07) is 7.18. The van der Waals surface area contributed by atoms with Gasteiger partial charge in [-0.3, -0.25) is 9.59 Å². The average Bonchev–Trinajstić information content (AvgIpc) is 3.21.